The Morgan fingerprint density at radius 1 is 1.39 bits per heavy atom. The Labute approximate surface area is 122 Å². The number of alkyl halides is 1. The number of rotatable bonds is 0. The van der Waals surface area contributed by atoms with Crippen molar-refractivity contribution in [2.24, 2.45) is 0 Å². The molecule has 1 aliphatic carbocycles. The van der Waals surface area contributed by atoms with Gasteiger partial charge in [-0.15, -0.1) is 23.5 Å². The standard InChI is InChI=1S/C13H12BrFOS2/c14-11-6-17-13(18-11)7-12(3-4-12)16-10-2-1-8(15)5-9(10)13/h1-2,5,11H,3-4,6-7H2. The zero-order valence-electron chi connectivity index (χ0n) is 9.62. The van der Waals surface area contributed by atoms with Gasteiger partial charge in [0.15, 0.2) is 0 Å². The number of ether oxygens (including phenoxy) is 1. The van der Waals surface area contributed by atoms with Gasteiger partial charge < -0.3 is 4.74 Å². The van der Waals surface area contributed by atoms with Crippen molar-refractivity contribution >= 4 is 39.5 Å². The van der Waals surface area contributed by atoms with Crippen molar-refractivity contribution in [2.75, 3.05) is 5.75 Å². The molecule has 5 heteroatoms. The van der Waals surface area contributed by atoms with Crippen molar-refractivity contribution in [1.82, 2.24) is 0 Å². The molecular formula is C13H12BrFOS2. The van der Waals surface area contributed by atoms with Crippen LogP contribution in [0.1, 0.15) is 24.8 Å². The van der Waals surface area contributed by atoms with Crippen LogP contribution in [0.5, 0.6) is 5.75 Å². The first-order valence-electron chi connectivity index (χ1n) is 6.06. The minimum atomic E-state index is -0.164. The van der Waals surface area contributed by atoms with Crippen LogP contribution in [0, 0.1) is 5.82 Å². The summed E-state index contributed by atoms with van der Waals surface area (Å²) < 4.78 is 20.1. The SMILES string of the molecule is Fc1ccc2c(c1)C1(CC3(CC3)O2)SCC(Br)S1. The first kappa shape index (κ1) is 11.9. The van der Waals surface area contributed by atoms with Crippen LogP contribution >= 0.6 is 39.5 Å². The van der Waals surface area contributed by atoms with E-state index < -0.39 is 0 Å². The molecule has 1 aromatic carbocycles. The Kier molecular flexibility index (Phi) is 2.53. The van der Waals surface area contributed by atoms with Crippen molar-refractivity contribution in [2.45, 2.75) is 33.1 Å². The van der Waals surface area contributed by atoms with E-state index in [2.05, 4.69) is 15.9 Å². The third-order valence-corrected chi connectivity index (χ3v) is 8.47. The van der Waals surface area contributed by atoms with Gasteiger partial charge in [0.25, 0.3) is 0 Å². The molecule has 0 radical (unpaired) electrons. The van der Waals surface area contributed by atoms with E-state index in [-0.39, 0.29) is 15.5 Å². The van der Waals surface area contributed by atoms with Gasteiger partial charge in [-0.25, -0.2) is 4.39 Å². The van der Waals surface area contributed by atoms with Crippen LogP contribution in [-0.4, -0.2) is 15.5 Å². The van der Waals surface area contributed by atoms with Crippen LogP contribution in [0.25, 0.3) is 0 Å². The Morgan fingerprint density at radius 3 is 2.89 bits per heavy atom. The van der Waals surface area contributed by atoms with Gasteiger partial charge in [-0.3, -0.25) is 0 Å². The summed E-state index contributed by atoms with van der Waals surface area (Å²) in [6.07, 6.45) is 3.28. The maximum absolute atomic E-state index is 13.6. The Hall–Kier alpha value is 0.130. The molecule has 1 aromatic rings. The molecule has 2 atom stereocenters. The average molecular weight is 347 g/mol. The monoisotopic (exact) mass is 346 g/mol. The fourth-order valence-corrected chi connectivity index (χ4v) is 7.96. The third kappa shape index (κ3) is 1.74. The predicted molar refractivity (Wildman–Crippen MR) is 78.1 cm³/mol. The highest BCUT2D eigenvalue weighted by Gasteiger charge is 2.58. The fourth-order valence-electron chi connectivity index (χ4n) is 2.80. The largest absolute Gasteiger partial charge is 0.487 e. The van der Waals surface area contributed by atoms with Crippen molar-refractivity contribution in [3.8, 4) is 5.75 Å². The lowest BCUT2D eigenvalue weighted by Crippen LogP contribution is -2.34. The van der Waals surface area contributed by atoms with Crippen molar-refractivity contribution in [3.63, 3.8) is 0 Å². The summed E-state index contributed by atoms with van der Waals surface area (Å²) >= 11 is 7.54. The van der Waals surface area contributed by atoms with Gasteiger partial charge in [0.2, 0.25) is 0 Å². The summed E-state index contributed by atoms with van der Waals surface area (Å²) in [5, 5.41) is 0. The molecule has 2 spiro atoms. The van der Waals surface area contributed by atoms with E-state index in [4.69, 9.17) is 4.74 Å². The van der Waals surface area contributed by atoms with Crippen molar-refractivity contribution in [1.29, 1.82) is 0 Å². The average Bonchev–Trinajstić information content (AvgIpc) is 2.96. The topological polar surface area (TPSA) is 9.23 Å². The quantitative estimate of drug-likeness (QED) is 0.640. The second kappa shape index (κ2) is 3.83. The first-order chi connectivity index (χ1) is 8.61. The molecule has 2 unspecified atom stereocenters. The normalized spacial score (nSPS) is 35.6. The van der Waals surface area contributed by atoms with Gasteiger partial charge in [0, 0.05) is 17.7 Å². The molecule has 1 nitrogen and oxygen atoms in total. The molecule has 18 heavy (non-hydrogen) atoms. The summed E-state index contributed by atoms with van der Waals surface area (Å²) in [5.41, 5.74) is 1.08. The predicted octanol–water partition coefficient (Wildman–Crippen LogP) is 4.49. The zero-order chi connectivity index (χ0) is 12.4. The lowest BCUT2D eigenvalue weighted by atomic mass is 9.99. The van der Waals surface area contributed by atoms with E-state index in [9.17, 15) is 4.39 Å². The van der Waals surface area contributed by atoms with E-state index in [0.29, 0.717) is 4.16 Å². The molecule has 2 aliphatic heterocycles. The molecule has 1 saturated carbocycles. The molecule has 96 valence electrons. The minimum Gasteiger partial charge on any atom is -0.487 e. The molecule has 2 heterocycles. The molecular weight excluding hydrogens is 335 g/mol. The minimum absolute atomic E-state index is 0.0135. The summed E-state index contributed by atoms with van der Waals surface area (Å²) in [4.78, 5) is 0. The van der Waals surface area contributed by atoms with Gasteiger partial charge in [0.1, 0.15) is 17.2 Å². The van der Waals surface area contributed by atoms with Crippen LogP contribution < -0.4 is 4.74 Å². The lowest BCUT2D eigenvalue weighted by Gasteiger charge is -2.39. The summed E-state index contributed by atoms with van der Waals surface area (Å²) in [6, 6.07) is 4.97. The van der Waals surface area contributed by atoms with Crippen LogP contribution in [0.4, 0.5) is 4.39 Å². The third-order valence-electron chi connectivity index (χ3n) is 3.81. The van der Waals surface area contributed by atoms with Gasteiger partial charge >= 0.3 is 0 Å². The van der Waals surface area contributed by atoms with E-state index in [1.807, 2.05) is 23.5 Å². The van der Waals surface area contributed by atoms with E-state index in [0.717, 1.165) is 36.3 Å². The summed E-state index contributed by atoms with van der Waals surface area (Å²) in [5.74, 6) is 1.79. The first-order valence-corrected chi connectivity index (χ1v) is 8.84. The van der Waals surface area contributed by atoms with Gasteiger partial charge in [-0.05, 0) is 31.0 Å². The van der Waals surface area contributed by atoms with Gasteiger partial charge in [-0.1, -0.05) is 15.9 Å². The van der Waals surface area contributed by atoms with Gasteiger partial charge in [-0.2, -0.15) is 0 Å². The molecule has 2 fully saturated rings. The van der Waals surface area contributed by atoms with Crippen LogP contribution in [-0.2, 0) is 4.08 Å². The van der Waals surface area contributed by atoms with E-state index in [1.165, 1.54) is 6.07 Å². The smallest absolute Gasteiger partial charge is 0.125 e. The van der Waals surface area contributed by atoms with Gasteiger partial charge in [0.05, 0.1) is 8.24 Å². The molecule has 1 saturated heterocycles. The molecule has 0 aromatic heterocycles. The Balaban J connectivity index is 1.85. The maximum atomic E-state index is 13.6. The number of hydrogen-bond donors (Lipinski definition) is 0. The molecule has 0 bridgehead atoms. The number of halogens is 2. The van der Waals surface area contributed by atoms with Crippen LogP contribution in [0.3, 0.4) is 0 Å². The number of thioether (sulfide) groups is 2. The lowest BCUT2D eigenvalue weighted by molar-refractivity contribution is 0.144. The summed E-state index contributed by atoms with van der Waals surface area (Å²) in [7, 11) is 0. The van der Waals surface area contributed by atoms with Crippen molar-refractivity contribution in [3.05, 3.63) is 29.6 Å². The zero-order valence-corrected chi connectivity index (χ0v) is 12.8. The molecule has 0 amide bonds. The Morgan fingerprint density at radius 2 is 2.22 bits per heavy atom. The second-order valence-corrected chi connectivity index (χ2v) is 9.98. The van der Waals surface area contributed by atoms with E-state index >= 15 is 0 Å². The van der Waals surface area contributed by atoms with E-state index in [1.54, 1.807) is 12.1 Å². The highest BCUT2D eigenvalue weighted by molar-refractivity contribution is 9.11. The molecule has 0 N–H and O–H groups in total. The Bertz CT molecular complexity index is 520. The fraction of sp³-hybridized carbons (Fsp3) is 0.538. The number of hydrogen-bond acceptors (Lipinski definition) is 3. The highest BCUT2D eigenvalue weighted by atomic mass is 79.9. The van der Waals surface area contributed by atoms with Crippen LogP contribution in [0.2, 0.25) is 0 Å². The molecule has 3 aliphatic rings. The molecule has 4 rings (SSSR count). The van der Waals surface area contributed by atoms with Crippen molar-refractivity contribution < 1.29 is 9.13 Å². The van der Waals surface area contributed by atoms with Crippen LogP contribution in [0.15, 0.2) is 18.2 Å². The number of fused-ring (bicyclic) bond motifs is 2. The summed E-state index contributed by atoms with van der Waals surface area (Å²) in [6.45, 7) is 0. The highest BCUT2D eigenvalue weighted by Crippen LogP contribution is 2.67. The number of benzene rings is 1. The maximum Gasteiger partial charge on any atom is 0.125 e. The second-order valence-electron chi connectivity index (χ2n) is 5.19.